The number of para-hydroxylation sites is 1. The van der Waals surface area contributed by atoms with E-state index in [1.54, 1.807) is 36.4 Å². The van der Waals surface area contributed by atoms with Crippen LogP contribution in [0.15, 0.2) is 60.7 Å². The van der Waals surface area contributed by atoms with Crippen molar-refractivity contribution >= 4 is 5.97 Å². The van der Waals surface area contributed by atoms with Gasteiger partial charge in [-0.05, 0) is 24.1 Å². The number of carboxylic acid groups (broad SMARTS) is 1. The van der Waals surface area contributed by atoms with E-state index in [9.17, 15) is 15.0 Å². The Hall–Kier alpha value is -2.33. The van der Waals surface area contributed by atoms with E-state index in [1.807, 2.05) is 24.3 Å². The van der Waals surface area contributed by atoms with Crippen molar-refractivity contribution in [2.24, 2.45) is 0 Å². The van der Waals surface area contributed by atoms with Gasteiger partial charge >= 0.3 is 5.97 Å². The minimum atomic E-state index is -0.944. The molecule has 110 valence electrons. The lowest BCUT2D eigenvalue weighted by Gasteiger charge is -2.17. The summed E-state index contributed by atoms with van der Waals surface area (Å²) in [5, 5.41) is 19.3. The predicted molar refractivity (Wildman–Crippen MR) is 79.4 cm³/mol. The van der Waals surface area contributed by atoms with Crippen LogP contribution in [0, 0.1) is 0 Å². The second kappa shape index (κ2) is 7.45. The summed E-state index contributed by atoms with van der Waals surface area (Å²) in [5.41, 5.74) is 0.684. The molecule has 0 spiro atoms. The smallest absolute Gasteiger partial charge is 0.311 e. The predicted octanol–water partition coefficient (Wildman–Crippen LogP) is 2.68. The fraction of sp³-hybridized carbons (Fsp3) is 0.235. The molecule has 0 bridgehead atoms. The number of hydrogen-bond acceptors (Lipinski definition) is 3. The van der Waals surface area contributed by atoms with Gasteiger partial charge in [0, 0.05) is 0 Å². The summed E-state index contributed by atoms with van der Waals surface area (Å²) in [6.07, 6.45) is -0.724. The van der Waals surface area contributed by atoms with Crippen LogP contribution in [0.3, 0.4) is 0 Å². The van der Waals surface area contributed by atoms with E-state index in [4.69, 9.17) is 4.74 Å². The third kappa shape index (κ3) is 4.61. The van der Waals surface area contributed by atoms with Crippen molar-refractivity contribution in [1.29, 1.82) is 0 Å². The van der Waals surface area contributed by atoms with Crippen molar-refractivity contribution in [2.75, 3.05) is 6.61 Å². The van der Waals surface area contributed by atoms with Crippen LogP contribution in [0.4, 0.5) is 0 Å². The van der Waals surface area contributed by atoms with Crippen LogP contribution in [0.2, 0.25) is 0 Å². The number of aliphatic hydroxyl groups is 1. The molecule has 0 aromatic heterocycles. The molecule has 2 N–H and O–H groups in total. The fourth-order valence-electron chi connectivity index (χ4n) is 2.11. The zero-order chi connectivity index (χ0) is 15.1. The van der Waals surface area contributed by atoms with E-state index >= 15 is 0 Å². The van der Waals surface area contributed by atoms with Gasteiger partial charge in [0.15, 0.2) is 0 Å². The molecule has 0 aliphatic rings. The highest BCUT2D eigenvalue weighted by Gasteiger charge is 2.23. The number of aliphatic carboxylic acids is 1. The molecule has 0 saturated heterocycles. The van der Waals surface area contributed by atoms with Gasteiger partial charge in [-0.25, -0.2) is 0 Å². The first kappa shape index (κ1) is 15.1. The Morgan fingerprint density at radius 2 is 1.57 bits per heavy atom. The van der Waals surface area contributed by atoms with Gasteiger partial charge in [0.05, 0.1) is 12.0 Å². The lowest BCUT2D eigenvalue weighted by molar-refractivity contribution is -0.139. The first-order valence-electron chi connectivity index (χ1n) is 6.80. The molecule has 2 unspecified atom stereocenters. The van der Waals surface area contributed by atoms with Crippen LogP contribution in [0.1, 0.15) is 17.9 Å². The molecule has 4 nitrogen and oxygen atoms in total. The molecule has 2 rings (SSSR count). The van der Waals surface area contributed by atoms with Gasteiger partial charge in [0.25, 0.3) is 0 Å². The number of carbonyl (C=O) groups is 1. The third-order valence-electron chi connectivity index (χ3n) is 3.19. The number of hydrogen-bond donors (Lipinski definition) is 2. The molecule has 0 fully saturated rings. The second-order valence-electron chi connectivity index (χ2n) is 4.82. The maximum absolute atomic E-state index is 11.4. The van der Waals surface area contributed by atoms with Gasteiger partial charge < -0.3 is 14.9 Å². The van der Waals surface area contributed by atoms with E-state index in [1.165, 1.54) is 0 Å². The standard InChI is InChI=1S/C17H18O4/c18-14(12-21-15-9-5-2-6-10-15)11-16(17(19)20)13-7-3-1-4-8-13/h1-10,14,16,18H,11-12H2,(H,19,20). The first-order valence-corrected chi connectivity index (χ1v) is 6.80. The zero-order valence-electron chi connectivity index (χ0n) is 11.6. The van der Waals surface area contributed by atoms with Gasteiger partial charge in [0.2, 0.25) is 0 Å². The number of benzene rings is 2. The number of ether oxygens (including phenoxy) is 1. The number of rotatable bonds is 7. The quantitative estimate of drug-likeness (QED) is 0.821. The van der Waals surface area contributed by atoms with Crippen molar-refractivity contribution < 1.29 is 19.7 Å². The van der Waals surface area contributed by atoms with Gasteiger partial charge in [-0.1, -0.05) is 48.5 Å². The highest BCUT2D eigenvalue weighted by atomic mass is 16.5. The van der Waals surface area contributed by atoms with E-state index in [-0.39, 0.29) is 13.0 Å². The van der Waals surface area contributed by atoms with Crippen molar-refractivity contribution in [3.05, 3.63) is 66.2 Å². The van der Waals surface area contributed by atoms with E-state index in [0.29, 0.717) is 11.3 Å². The molecule has 2 aromatic rings. The lowest BCUT2D eigenvalue weighted by atomic mass is 9.93. The Bertz CT molecular complexity index is 554. The van der Waals surface area contributed by atoms with Crippen molar-refractivity contribution in [3.8, 4) is 5.75 Å². The fourth-order valence-corrected chi connectivity index (χ4v) is 2.11. The zero-order valence-corrected chi connectivity index (χ0v) is 11.6. The molecule has 0 aliphatic heterocycles. The highest BCUT2D eigenvalue weighted by molar-refractivity contribution is 5.76. The van der Waals surface area contributed by atoms with Gasteiger partial charge in [0.1, 0.15) is 12.4 Å². The number of aliphatic hydroxyl groups excluding tert-OH is 1. The van der Waals surface area contributed by atoms with Gasteiger partial charge in [-0.3, -0.25) is 4.79 Å². The molecule has 4 heteroatoms. The lowest BCUT2D eigenvalue weighted by Crippen LogP contribution is -2.24. The minimum Gasteiger partial charge on any atom is -0.491 e. The Labute approximate surface area is 123 Å². The Morgan fingerprint density at radius 1 is 1.00 bits per heavy atom. The molecular formula is C17H18O4. The minimum absolute atomic E-state index is 0.0701. The van der Waals surface area contributed by atoms with Crippen molar-refractivity contribution in [1.82, 2.24) is 0 Å². The Balaban J connectivity index is 1.93. The molecule has 0 amide bonds. The molecule has 0 saturated carbocycles. The summed E-state index contributed by atoms with van der Waals surface area (Å²) in [6, 6.07) is 18.1. The Morgan fingerprint density at radius 3 is 2.14 bits per heavy atom. The summed E-state index contributed by atoms with van der Waals surface area (Å²) in [6.45, 7) is 0.0701. The van der Waals surface area contributed by atoms with Crippen molar-refractivity contribution in [2.45, 2.75) is 18.4 Å². The summed E-state index contributed by atoms with van der Waals surface area (Å²) < 4.78 is 5.44. The summed E-state index contributed by atoms with van der Waals surface area (Å²) in [4.78, 5) is 11.4. The largest absolute Gasteiger partial charge is 0.491 e. The maximum atomic E-state index is 11.4. The van der Waals surface area contributed by atoms with E-state index < -0.39 is 18.0 Å². The van der Waals surface area contributed by atoms with Crippen LogP contribution in [-0.4, -0.2) is 28.9 Å². The summed E-state index contributed by atoms with van der Waals surface area (Å²) >= 11 is 0. The van der Waals surface area contributed by atoms with Crippen molar-refractivity contribution in [3.63, 3.8) is 0 Å². The molecule has 0 radical (unpaired) electrons. The van der Waals surface area contributed by atoms with Crippen LogP contribution in [0.25, 0.3) is 0 Å². The van der Waals surface area contributed by atoms with E-state index in [2.05, 4.69) is 0 Å². The highest BCUT2D eigenvalue weighted by Crippen LogP contribution is 2.22. The van der Waals surface area contributed by atoms with Gasteiger partial charge in [-0.2, -0.15) is 0 Å². The van der Waals surface area contributed by atoms with Crippen LogP contribution < -0.4 is 4.74 Å². The van der Waals surface area contributed by atoms with Crippen LogP contribution in [-0.2, 0) is 4.79 Å². The molecular weight excluding hydrogens is 268 g/mol. The van der Waals surface area contributed by atoms with Gasteiger partial charge in [-0.15, -0.1) is 0 Å². The SMILES string of the molecule is O=C(O)C(CC(O)COc1ccccc1)c1ccccc1. The number of carboxylic acids is 1. The Kier molecular flexibility index (Phi) is 5.35. The normalized spacial score (nSPS) is 13.4. The van der Waals surface area contributed by atoms with Crippen LogP contribution in [0.5, 0.6) is 5.75 Å². The second-order valence-corrected chi connectivity index (χ2v) is 4.82. The molecule has 21 heavy (non-hydrogen) atoms. The average Bonchev–Trinajstić information content (AvgIpc) is 2.52. The maximum Gasteiger partial charge on any atom is 0.311 e. The molecule has 2 aromatic carbocycles. The monoisotopic (exact) mass is 286 g/mol. The third-order valence-corrected chi connectivity index (χ3v) is 3.19. The molecule has 0 heterocycles. The van der Waals surface area contributed by atoms with E-state index in [0.717, 1.165) is 0 Å². The van der Waals surface area contributed by atoms with Crippen LogP contribution >= 0.6 is 0 Å². The first-order chi connectivity index (χ1) is 10.2. The summed E-state index contributed by atoms with van der Waals surface area (Å²) in [5.74, 6) is -1.02. The molecule has 0 aliphatic carbocycles. The topological polar surface area (TPSA) is 66.8 Å². The molecule has 2 atom stereocenters. The average molecular weight is 286 g/mol. The summed E-state index contributed by atoms with van der Waals surface area (Å²) in [7, 11) is 0.